The summed E-state index contributed by atoms with van der Waals surface area (Å²) >= 11 is 12.2. The van der Waals surface area contributed by atoms with Crippen molar-refractivity contribution in [2.45, 2.75) is 19.3 Å². The number of benzene rings is 3. The van der Waals surface area contributed by atoms with Crippen LogP contribution in [-0.4, -0.2) is 17.6 Å². The number of fused-ring (bicyclic) bond motifs is 1. The number of rotatable bonds is 9. The van der Waals surface area contributed by atoms with Gasteiger partial charge in [-0.25, -0.2) is 0 Å². The molecule has 0 aliphatic rings. The molecule has 1 unspecified atom stereocenters. The zero-order valence-electron chi connectivity index (χ0n) is 15.7. The molecule has 144 valence electrons. The molecule has 0 fully saturated rings. The minimum atomic E-state index is -0.00794. The van der Waals surface area contributed by atoms with Crippen LogP contribution >= 0.6 is 23.2 Å². The van der Waals surface area contributed by atoms with Gasteiger partial charge in [0.1, 0.15) is 0 Å². The normalized spacial score (nSPS) is 12.2. The van der Waals surface area contributed by atoms with Gasteiger partial charge in [0, 0.05) is 19.6 Å². The highest BCUT2D eigenvalue weighted by Crippen LogP contribution is 2.24. The van der Waals surface area contributed by atoms with Crippen LogP contribution in [0, 0.1) is 0 Å². The summed E-state index contributed by atoms with van der Waals surface area (Å²) in [4.78, 5) is 2.25. The van der Waals surface area contributed by atoms with Gasteiger partial charge in [0.15, 0.2) is 0 Å². The Bertz CT molecular complexity index is 962. The molecule has 28 heavy (non-hydrogen) atoms. The second kappa shape index (κ2) is 9.90. The molecule has 3 aromatic rings. The van der Waals surface area contributed by atoms with Gasteiger partial charge in [0.05, 0.1) is 16.2 Å². The molecule has 0 aliphatic carbocycles. The topological polar surface area (TPSA) is 15.3 Å². The molecule has 0 bridgehead atoms. The fourth-order valence-electron chi connectivity index (χ4n) is 3.34. The van der Waals surface area contributed by atoms with Gasteiger partial charge in [-0.15, -0.1) is 13.2 Å². The molecule has 0 saturated carbocycles. The lowest BCUT2D eigenvalue weighted by atomic mass is 10.0. The van der Waals surface area contributed by atoms with Crippen molar-refractivity contribution in [1.29, 1.82) is 0 Å². The highest BCUT2D eigenvalue weighted by Gasteiger charge is 2.15. The molecule has 0 radical (unpaired) electrons. The van der Waals surface area contributed by atoms with Crippen LogP contribution in [0.1, 0.15) is 11.1 Å². The third kappa shape index (κ3) is 5.03. The van der Waals surface area contributed by atoms with Gasteiger partial charge in [-0.1, -0.05) is 83.9 Å². The molecule has 0 amide bonds. The lowest BCUT2D eigenvalue weighted by molar-refractivity contribution is 0.211. The Morgan fingerprint density at radius 1 is 0.964 bits per heavy atom. The summed E-state index contributed by atoms with van der Waals surface area (Å²) in [7, 11) is 0. The predicted octanol–water partition coefficient (Wildman–Crippen LogP) is 6.44. The average molecular weight is 411 g/mol. The Morgan fingerprint density at radius 3 is 2.50 bits per heavy atom. The van der Waals surface area contributed by atoms with Crippen LogP contribution < -0.4 is 5.32 Å². The van der Waals surface area contributed by atoms with Gasteiger partial charge in [-0.05, 0) is 34.0 Å². The van der Waals surface area contributed by atoms with E-state index in [2.05, 4.69) is 65.8 Å². The third-order valence-electron chi connectivity index (χ3n) is 4.73. The van der Waals surface area contributed by atoms with Crippen molar-refractivity contribution in [3.05, 3.63) is 107 Å². The van der Waals surface area contributed by atoms with Crippen molar-refractivity contribution in [3.8, 4) is 0 Å². The maximum absolute atomic E-state index is 6.18. The van der Waals surface area contributed by atoms with Gasteiger partial charge in [-0.2, -0.15) is 0 Å². The van der Waals surface area contributed by atoms with Crippen LogP contribution in [0.5, 0.6) is 0 Å². The van der Waals surface area contributed by atoms with Crippen molar-refractivity contribution < 1.29 is 0 Å². The Balaban J connectivity index is 1.75. The SMILES string of the molecule is C=CCN(Cc1ccc(Cl)c(Cl)c1)C(C=C)NCc1cccc2ccccc12. The van der Waals surface area contributed by atoms with Gasteiger partial charge >= 0.3 is 0 Å². The second-order valence-corrected chi connectivity index (χ2v) is 7.48. The molecule has 1 N–H and O–H groups in total. The van der Waals surface area contributed by atoms with Gasteiger partial charge in [0.25, 0.3) is 0 Å². The van der Waals surface area contributed by atoms with E-state index in [1.807, 2.05) is 30.4 Å². The Hall–Kier alpha value is -2.10. The number of halogens is 2. The molecule has 4 heteroatoms. The molecule has 2 nitrogen and oxygen atoms in total. The van der Waals surface area contributed by atoms with Crippen LogP contribution in [0.2, 0.25) is 10.0 Å². The van der Waals surface area contributed by atoms with E-state index < -0.39 is 0 Å². The zero-order chi connectivity index (χ0) is 19.9. The molecular weight excluding hydrogens is 387 g/mol. The summed E-state index contributed by atoms with van der Waals surface area (Å²) in [5.74, 6) is 0. The van der Waals surface area contributed by atoms with Gasteiger partial charge in [0.2, 0.25) is 0 Å². The van der Waals surface area contributed by atoms with Gasteiger partial charge in [-0.3, -0.25) is 10.2 Å². The van der Waals surface area contributed by atoms with Gasteiger partial charge < -0.3 is 0 Å². The minimum absolute atomic E-state index is 0.00794. The number of hydrogen-bond acceptors (Lipinski definition) is 2. The summed E-state index contributed by atoms with van der Waals surface area (Å²) in [5, 5.41) is 7.25. The quantitative estimate of drug-likeness (QED) is 0.322. The molecular formula is C24H24Cl2N2. The second-order valence-electron chi connectivity index (χ2n) is 6.67. The maximum Gasteiger partial charge on any atom is 0.0795 e. The maximum atomic E-state index is 6.18. The molecule has 3 rings (SSSR count). The number of nitrogens with one attached hydrogen (secondary N) is 1. The molecule has 0 spiro atoms. The standard InChI is InChI=1S/C24H24Cl2N2/c1-3-14-28(17-18-12-13-22(25)23(26)15-18)24(4-2)27-16-20-10-7-9-19-8-5-6-11-21(19)20/h3-13,15,24,27H,1-2,14,16-17H2. The summed E-state index contributed by atoms with van der Waals surface area (Å²) in [6.07, 6.45) is 3.81. The molecule has 0 saturated heterocycles. The summed E-state index contributed by atoms with van der Waals surface area (Å²) in [6.45, 7) is 10.1. The summed E-state index contributed by atoms with van der Waals surface area (Å²) < 4.78 is 0. The first kappa shape index (κ1) is 20.6. The number of hydrogen-bond donors (Lipinski definition) is 1. The van der Waals surface area contributed by atoms with E-state index in [-0.39, 0.29) is 6.17 Å². The van der Waals surface area contributed by atoms with Crippen molar-refractivity contribution in [1.82, 2.24) is 10.2 Å². The first-order valence-electron chi connectivity index (χ1n) is 9.24. The van der Waals surface area contributed by atoms with Crippen LogP contribution in [0.25, 0.3) is 10.8 Å². The van der Waals surface area contributed by atoms with Crippen molar-refractivity contribution in [2.24, 2.45) is 0 Å². The van der Waals surface area contributed by atoms with Crippen molar-refractivity contribution >= 4 is 34.0 Å². The van der Waals surface area contributed by atoms with E-state index in [0.29, 0.717) is 16.6 Å². The zero-order valence-corrected chi connectivity index (χ0v) is 17.3. The first-order valence-corrected chi connectivity index (χ1v) is 9.99. The van der Waals surface area contributed by atoms with E-state index in [1.54, 1.807) is 0 Å². The third-order valence-corrected chi connectivity index (χ3v) is 5.47. The van der Waals surface area contributed by atoms with E-state index in [0.717, 1.165) is 18.7 Å². The smallest absolute Gasteiger partial charge is 0.0795 e. The van der Waals surface area contributed by atoms with Crippen LogP contribution in [-0.2, 0) is 13.1 Å². The summed E-state index contributed by atoms with van der Waals surface area (Å²) in [6, 6.07) is 20.6. The average Bonchev–Trinajstić information content (AvgIpc) is 2.71. The molecule has 0 aliphatic heterocycles. The lowest BCUT2D eigenvalue weighted by Crippen LogP contribution is -2.43. The Kier molecular flexibility index (Phi) is 7.30. The molecule has 3 aromatic carbocycles. The fraction of sp³-hybridized carbons (Fsp3) is 0.167. The van der Waals surface area contributed by atoms with Crippen molar-refractivity contribution in [2.75, 3.05) is 6.54 Å². The molecule has 1 atom stereocenters. The first-order chi connectivity index (χ1) is 13.6. The highest BCUT2D eigenvalue weighted by atomic mass is 35.5. The molecule has 0 aromatic heterocycles. The van der Waals surface area contributed by atoms with Crippen molar-refractivity contribution in [3.63, 3.8) is 0 Å². The monoisotopic (exact) mass is 410 g/mol. The van der Waals surface area contributed by atoms with Crippen LogP contribution in [0.3, 0.4) is 0 Å². The molecule has 0 heterocycles. The van der Waals surface area contributed by atoms with Crippen LogP contribution in [0.15, 0.2) is 86.0 Å². The minimum Gasteiger partial charge on any atom is -0.294 e. The number of nitrogens with zero attached hydrogens (tertiary/aromatic N) is 1. The van der Waals surface area contributed by atoms with E-state index in [9.17, 15) is 0 Å². The largest absolute Gasteiger partial charge is 0.294 e. The van der Waals surface area contributed by atoms with E-state index in [1.165, 1.54) is 16.3 Å². The van der Waals surface area contributed by atoms with Crippen LogP contribution in [0.4, 0.5) is 0 Å². The lowest BCUT2D eigenvalue weighted by Gasteiger charge is -2.30. The Morgan fingerprint density at radius 2 is 1.75 bits per heavy atom. The Labute approximate surface area is 177 Å². The highest BCUT2D eigenvalue weighted by molar-refractivity contribution is 6.42. The summed E-state index contributed by atoms with van der Waals surface area (Å²) in [5.41, 5.74) is 2.35. The predicted molar refractivity (Wildman–Crippen MR) is 122 cm³/mol. The fourth-order valence-corrected chi connectivity index (χ4v) is 3.66. The van der Waals surface area contributed by atoms with E-state index in [4.69, 9.17) is 23.2 Å². The van der Waals surface area contributed by atoms with E-state index >= 15 is 0 Å².